The van der Waals surface area contributed by atoms with Crippen molar-refractivity contribution in [1.82, 2.24) is 4.98 Å². The molecule has 1 N–H and O–H groups in total. The fourth-order valence-electron chi connectivity index (χ4n) is 1.25. The van der Waals surface area contributed by atoms with Crippen LogP contribution in [0.1, 0.15) is 19.2 Å². The third kappa shape index (κ3) is 3.43. The summed E-state index contributed by atoms with van der Waals surface area (Å²) in [5.41, 5.74) is 0. The Bertz CT molecular complexity index is 301. The van der Waals surface area contributed by atoms with Crippen LogP contribution in [0.25, 0.3) is 0 Å². The van der Waals surface area contributed by atoms with Crippen molar-refractivity contribution in [2.45, 2.75) is 26.3 Å². The second-order valence-corrected chi connectivity index (χ2v) is 4.28. The van der Waals surface area contributed by atoms with Crippen molar-refractivity contribution in [1.29, 1.82) is 5.26 Å². The third-order valence-corrected chi connectivity index (χ3v) is 3.11. The lowest BCUT2D eigenvalue weighted by atomic mass is 10.4. The van der Waals surface area contributed by atoms with E-state index < -0.39 is 0 Å². The van der Waals surface area contributed by atoms with Crippen LogP contribution in [0, 0.1) is 11.3 Å². The summed E-state index contributed by atoms with van der Waals surface area (Å²) >= 11 is 1.96. The third-order valence-electron chi connectivity index (χ3n) is 1.92. The minimum absolute atomic E-state index is 0.442. The van der Waals surface area contributed by atoms with Crippen LogP contribution in [0.3, 0.4) is 0 Å². The van der Waals surface area contributed by atoms with E-state index in [-0.39, 0.29) is 0 Å². The summed E-state index contributed by atoms with van der Waals surface area (Å²) in [5.74, 6) is 3.49. The van der Waals surface area contributed by atoms with Gasteiger partial charge in [0.05, 0.1) is 6.42 Å². The summed E-state index contributed by atoms with van der Waals surface area (Å²) < 4.78 is 1.96. The lowest BCUT2D eigenvalue weighted by molar-refractivity contribution is -0.691. The van der Waals surface area contributed by atoms with Crippen molar-refractivity contribution in [2.24, 2.45) is 0 Å². The van der Waals surface area contributed by atoms with Crippen LogP contribution in [0.5, 0.6) is 0 Å². The Kier molecular flexibility index (Phi) is 5.16. The summed E-state index contributed by atoms with van der Waals surface area (Å²) in [5, 5.41) is 8.58. The molecule has 0 radical (unpaired) electrons. The molecule has 0 aliphatic carbocycles. The quantitative estimate of drug-likeness (QED) is 0.571. The molecule has 0 fully saturated rings. The van der Waals surface area contributed by atoms with E-state index in [0.29, 0.717) is 6.54 Å². The Morgan fingerprint density at radius 1 is 1.57 bits per heavy atom. The molecule has 0 bridgehead atoms. The van der Waals surface area contributed by atoms with Gasteiger partial charge in [-0.2, -0.15) is 17.0 Å². The maximum Gasteiger partial charge on any atom is 0.255 e. The van der Waals surface area contributed by atoms with Crippen LogP contribution in [-0.2, 0) is 13.0 Å². The van der Waals surface area contributed by atoms with Crippen molar-refractivity contribution < 1.29 is 4.57 Å². The van der Waals surface area contributed by atoms with Gasteiger partial charge in [0.2, 0.25) is 0 Å². The van der Waals surface area contributed by atoms with Gasteiger partial charge in [-0.05, 0) is 12.2 Å². The molecule has 0 aromatic carbocycles. The highest BCUT2D eigenvalue weighted by Crippen LogP contribution is 2.04. The summed E-state index contributed by atoms with van der Waals surface area (Å²) in [6.45, 7) is 2.63. The number of hydrogen-bond acceptors (Lipinski definition) is 2. The van der Waals surface area contributed by atoms with Crippen molar-refractivity contribution in [3.05, 3.63) is 18.2 Å². The first kappa shape index (κ1) is 11.1. The smallest absolute Gasteiger partial charge is 0.248 e. The first-order valence-corrected chi connectivity index (χ1v) is 6.04. The summed E-state index contributed by atoms with van der Waals surface area (Å²) in [4.78, 5) is 3.17. The van der Waals surface area contributed by atoms with Crippen LogP contribution in [0.15, 0.2) is 12.4 Å². The summed E-state index contributed by atoms with van der Waals surface area (Å²) in [6, 6.07) is 2.15. The van der Waals surface area contributed by atoms with Crippen molar-refractivity contribution >= 4 is 11.8 Å². The van der Waals surface area contributed by atoms with Crippen molar-refractivity contribution in [3.63, 3.8) is 0 Å². The zero-order chi connectivity index (χ0) is 10.2. The first-order chi connectivity index (χ1) is 6.88. The molecule has 1 heterocycles. The highest BCUT2D eigenvalue weighted by molar-refractivity contribution is 7.99. The van der Waals surface area contributed by atoms with Gasteiger partial charge in [-0.25, -0.2) is 9.55 Å². The molecule has 0 saturated heterocycles. The Hall–Kier alpha value is -0.950. The predicted molar refractivity (Wildman–Crippen MR) is 57.9 cm³/mol. The van der Waals surface area contributed by atoms with Crippen LogP contribution < -0.4 is 4.57 Å². The molecule has 0 unspecified atom stereocenters. The number of nitrogens with one attached hydrogen (secondary N) is 1. The van der Waals surface area contributed by atoms with Crippen LogP contribution in [-0.4, -0.2) is 16.5 Å². The van der Waals surface area contributed by atoms with E-state index in [0.717, 1.165) is 18.0 Å². The van der Waals surface area contributed by atoms with Crippen molar-refractivity contribution in [3.8, 4) is 6.07 Å². The second-order valence-electron chi connectivity index (χ2n) is 3.06. The zero-order valence-corrected chi connectivity index (χ0v) is 9.31. The Balaban J connectivity index is 2.35. The maximum atomic E-state index is 8.58. The van der Waals surface area contributed by atoms with Crippen LogP contribution in [0.4, 0.5) is 0 Å². The van der Waals surface area contributed by atoms with Gasteiger partial charge in [0.25, 0.3) is 5.82 Å². The molecule has 3 nitrogen and oxygen atoms in total. The molecular weight excluding hydrogens is 194 g/mol. The normalized spacial score (nSPS) is 10.0. The van der Waals surface area contributed by atoms with Gasteiger partial charge >= 0.3 is 0 Å². The Labute approximate surface area is 89.1 Å². The van der Waals surface area contributed by atoms with Crippen molar-refractivity contribution in [2.75, 3.05) is 11.5 Å². The van der Waals surface area contributed by atoms with Gasteiger partial charge in [-0.15, -0.1) is 0 Å². The maximum absolute atomic E-state index is 8.58. The number of aromatic nitrogens is 2. The molecule has 1 aromatic rings. The van der Waals surface area contributed by atoms with E-state index >= 15 is 0 Å². The number of aryl methyl sites for hydroxylation is 1. The number of nitriles is 1. The number of rotatable bonds is 6. The average molecular weight is 210 g/mol. The molecule has 76 valence electrons. The molecule has 4 heteroatoms. The standard InChI is InChI=1S/C10H15N3S/c1-2-8-14-9-3-10-12-5-7-13(10)6-4-11/h5,7H,2-3,6,8-9H2,1H3/p+1. The highest BCUT2D eigenvalue weighted by atomic mass is 32.2. The molecule has 0 aliphatic heterocycles. The number of nitrogens with zero attached hydrogens (tertiary/aromatic N) is 2. The minimum atomic E-state index is 0.442. The number of thioether (sulfide) groups is 1. The van der Waals surface area contributed by atoms with Gasteiger partial charge in [0.1, 0.15) is 18.5 Å². The minimum Gasteiger partial charge on any atom is -0.248 e. The van der Waals surface area contributed by atoms with Gasteiger partial charge in [-0.1, -0.05) is 6.92 Å². The molecule has 0 aliphatic rings. The van der Waals surface area contributed by atoms with E-state index in [1.807, 2.05) is 28.7 Å². The zero-order valence-electron chi connectivity index (χ0n) is 8.49. The number of imidazole rings is 1. The molecule has 14 heavy (non-hydrogen) atoms. The van der Waals surface area contributed by atoms with Crippen LogP contribution in [0.2, 0.25) is 0 Å². The van der Waals surface area contributed by atoms with E-state index in [1.165, 1.54) is 12.2 Å². The van der Waals surface area contributed by atoms with E-state index in [1.54, 1.807) is 0 Å². The fourth-order valence-corrected chi connectivity index (χ4v) is 2.08. The summed E-state index contributed by atoms with van der Waals surface area (Å²) in [6.07, 6.45) is 6.05. The number of aromatic amines is 1. The number of hydrogen-bond donors (Lipinski definition) is 1. The first-order valence-electron chi connectivity index (χ1n) is 4.89. The van der Waals surface area contributed by atoms with Gasteiger partial charge in [0.15, 0.2) is 6.54 Å². The van der Waals surface area contributed by atoms with Gasteiger partial charge in [0, 0.05) is 5.75 Å². The second kappa shape index (κ2) is 6.50. The lowest BCUT2D eigenvalue weighted by Crippen LogP contribution is -2.35. The Morgan fingerprint density at radius 3 is 3.14 bits per heavy atom. The molecule has 1 rings (SSSR count). The van der Waals surface area contributed by atoms with Gasteiger partial charge < -0.3 is 0 Å². The Morgan fingerprint density at radius 2 is 2.43 bits per heavy atom. The molecule has 0 spiro atoms. The molecule has 1 aromatic heterocycles. The van der Waals surface area contributed by atoms with E-state index in [4.69, 9.17) is 5.26 Å². The molecular formula is C10H16N3S+. The van der Waals surface area contributed by atoms with E-state index in [9.17, 15) is 0 Å². The molecule has 0 atom stereocenters. The topological polar surface area (TPSA) is 43.5 Å². The van der Waals surface area contributed by atoms with Crippen LogP contribution >= 0.6 is 11.8 Å². The lowest BCUT2D eigenvalue weighted by Gasteiger charge is -1.97. The fraction of sp³-hybridized carbons (Fsp3) is 0.600. The SMILES string of the molecule is CCCSCCc1[nH]cc[n+]1CC#N. The molecule has 0 amide bonds. The largest absolute Gasteiger partial charge is 0.255 e. The summed E-state index contributed by atoms with van der Waals surface area (Å²) in [7, 11) is 0. The van der Waals surface area contributed by atoms with E-state index in [2.05, 4.69) is 18.0 Å². The highest BCUT2D eigenvalue weighted by Gasteiger charge is 2.08. The molecule has 0 saturated carbocycles. The number of H-pyrrole nitrogens is 1. The monoisotopic (exact) mass is 210 g/mol. The average Bonchev–Trinajstić information content (AvgIpc) is 2.61. The van der Waals surface area contributed by atoms with Gasteiger partial charge in [-0.3, -0.25) is 0 Å². The predicted octanol–water partition coefficient (Wildman–Crippen LogP) is 1.51.